The predicted molar refractivity (Wildman–Crippen MR) is 14.6 cm³/mol. The largest absolute Gasteiger partial charge is 0.668 e. The third kappa shape index (κ3) is 63.2. The third-order valence-corrected chi connectivity index (χ3v) is 0. The third-order valence-electron chi connectivity index (χ3n) is 0. The van der Waals surface area contributed by atoms with Crippen LogP contribution in [-0.2, 0) is 26.2 Å². The van der Waals surface area contributed by atoms with Crippen LogP contribution in [0.3, 0.4) is 0 Å². The van der Waals surface area contributed by atoms with Crippen LogP contribution in [-0.4, -0.2) is 28.2 Å². The summed E-state index contributed by atoms with van der Waals surface area (Å²) in [6.07, 6.45) is 0. The topological polar surface area (TPSA) is 80.9 Å². The van der Waals surface area contributed by atoms with Gasteiger partial charge in [-0.1, -0.05) is 0 Å². The first-order chi connectivity index (χ1) is 2.00. The molecule has 44 valence electrons. The first kappa shape index (κ1) is 16.1. The van der Waals surface area contributed by atoms with Crippen molar-refractivity contribution in [2.75, 3.05) is 0 Å². The van der Waals surface area contributed by atoms with Crippen LogP contribution in [0.2, 0.25) is 0 Å². The van der Waals surface area contributed by atoms with Crippen LogP contribution < -0.4 is 0 Å². The van der Waals surface area contributed by atoms with Crippen LogP contribution in [0.4, 0.5) is 0 Å². The molecule has 0 amide bonds. The molecule has 0 saturated heterocycles. The van der Waals surface area contributed by atoms with Gasteiger partial charge < -0.3 is 19.2 Å². The minimum Gasteiger partial charge on any atom is -0.368 e. The molecule has 0 aromatic heterocycles. The Kier molecular flexibility index (Phi) is 14.7. The smallest absolute Gasteiger partial charge is 0.368 e. The monoisotopic (exact) mass is 344 g/mol. The summed E-state index contributed by atoms with van der Waals surface area (Å²) in [5, 5.41) is 0. The second-order valence-electron chi connectivity index (χ2n) is 0.600. The first-order valence-corrected chi connectivity index (χ1v) is 2.68. The van der Waals surface area contributed by atoms with Crippen molar-refractivity contribution in [3.8, 4) is 0 Å². The standard InChI is InChI=1S/Gd.H4O4Si.Zr/c;1-5(2,3)4;/h;1-4H;. The first-order valence-electron chi connectivity index (χ1n) is 0.894. The molecule has 7 heavy (non-hydrogen) atoms. The number of hydrogen-bond donors (Lipinski definition) is 4. The van der Waals surface area contributed by atoms with Crippen molar-refractivity contribution in [3.05, 3.63) is 0 Å². The normalized spacial score (nSPS) is 8.57. The van der Waals surface area contributed by atoms with E-state index in [4.69, 9.17) is 19.2 Å². The number of rotatable bonds is 0. The molecule has 0 bridgehead atoms. The van der Waals surface area contributed by atoms with E-state index in [-0.39, 0.29) is 66.1 Å². The fourth-order valence-electron chi connectivity index (χ4n) is 0. The molecule has 0 aromatic carbocycles. The van der Waals surface area contributed by atoms with Crippen molar-refractivity contribution in [1.82, 2.24) is 0 Å². The van der Waals surface area contributed by atoms with E-state index in [9.17, 15) is 0 Å². The van der Waals surface area contributed by atoms with E-state index in [0.29, 0.717) is 0 Å². The fraction of sp³-hybridized carbons (Fsp3) is 0. The summed E-state index contributed by atoms with van der Waals surface area (Å²) in [6, 6.07) is 0. The molecule has 0 aliphatic rings. The summed E-state index contributed by atoms with van der Waals surface area (Å²) >= 11 is 0. The second kappa shape index (κ2) is 6.39. The van der Waals surface area contributed by atoms with Gasteiger partial charge in [0.2, 0.25) is 0 Å². The Balaban J connectivity index is -0.0000000800. The zero-order valence-corrected chi connectivity index (χ0v) is 8.87. The van der Waals surface area contributed by atoms with Gasteiger partial charge in [0.05, 0.1) is 0 Å². The summed E-state index contributed by atoms with van der Waals surface area (Å²) in [7, 11) is -4.61. The SMILES string of the molecule is O[Si](O)(O)O.[Gd].[Zr]. The van der Waals surface area contributed by atoms with Gasteiger partial charge in [0, 0.05) is 66.1 Å². The Hall–Kier alpha value is 2.26. The Bertz CT molecular complexity index is 27.2. The zero-order valence-electron chi connectivity index (χ0n) is 3.14. The Morgan fingerprint density at radius 1 is 0.857 bits per heavy atom. The van der Waals surface area contributed by atoms with Crippen LogP contribution in [0.1, 0.15) is 0 Å². The van der Waals surface area contributed by atoms with Gasteiger partial charge in [-0.25, -0.2) is 0 Å². The summed E-state index contributed by atoms with van der Waals surface area (Å²) in [4.78, 5) is 29.3. The van der Waals surface area contributed by atoms with Gasteiger partial charge in [-0.15, -0.1) is 0 Å². The summed E-state index contributed by atoms with van der Waals surface area (Å²) < 4.78 is 0. The van der Waals surface area contributed by atoms with E-state index < -0.39 is 9.05 Å². The molecule has 0 unspecified atom stereocenters. The maximum atomic E-state index is 7.33. The van der Waals surface area contributed by atoms with E-state index in [0.717, 1.165) is 0 Å². The van der Waals surface area contributed by atoms with Crippen molar-refractivity contribution in [1.29, 1.82) is 0 Å². The van der Waals surface area contributed by atoms with Crippen molar-refractivity contribution in [2.24, 2.45) is 0 Å². The average molecular weight is 345 g/mol. The van der Waals surface area contributed by atoms with Crippen molar-refractivity contribution < 1.29 is 85.3 Å². The second-order valence-corrected chi connectivity index (χ2v) is 1.80. The summed E-state index contributed by atoms with van der Waals surface area (Å²) in [5.74, 6) is 0. The molecule has 0 aromatic rings. The molecule has 4 N–H and O–H groups in total. The van der Waals surface area contributed by atoms with Crippen molar-refractivity contribution in [3.63, 3.8) is 0 Å². The minimum atomic E-state index is -4.61. The molecule has 0 aliphatic carbocycles. The van der Waals surface area contributed by atoms with Gasteiger partial charge in [-0.2, -0.15) is 0 Å². The summed E-state index contributed by atoms with van der Waals surface area (Å²) in [6.45, 7) is 0. The molecular formula is H4GdO4SiZr. The maximum absolute atomic E-state index is 7.33. The van der Waals surface area contributed by atoms with Crippen LogP contribution >= 0.6 is 0 Å². The van der Waals surface area contributed by atoms with E-state index in [1.807, 2.05) is 0 Å². The van der Waals surface area contributed by atoms with E-state index in [1.165, 1.54) is 0 Å². The maximum Gasteiger partial charge on any atom is 0.668 e. The molecule has 4 nitrogen and oxygen atoms in total. The predicted octanol–water partition coefficient (Wildman–Crippen LogP) is -2.61. The molecule has 0 spiro atoms. The van der Waals surface area contributed by atoms with E-state index in [2.05, 4.69) is 0 Å². The van der Waals surface area contributed by atoms with Crippen LogP contribution in [0.5, 0.6) is 0 Å². The van der Waals surface area contributed by atoms with Crippen LogP contribution in [0, 0.1) is 39.9 Å². The van der Waals surface area contributed by atoms with Crippen LogP contribution in [0.25, 0.3) is 0 Å². The van der Waals surface area contributed by atoms with Gasteiger partial charge in [-0.3, -0.25) is 0 Å². The molecule has 0 radical (unpaired) electrons. The quantitative estimate of drug-likeness (QED) is 0.363. The molecule has 0 aliphatic heterocycles. The van der Waals surface area contributed by atoms with E-state index >= 15 is 0 Å². The molecular weight excluding hydrogens is 341 g/mol. The molecule has 0 heterocycles. The van der Waals surface area contributed by atoms with E-state index in [1.54, 1.807) is 0 Å². The van der Waals surface area contributed by atoms with Gasteiger partial charge in [0.25, 0.3) is 0 Å². The molecule has 0 saturated carbocycles. The minimum absolute atomic E-state index is 0. The van der Waals surface area contributed by atoms with Crippen LogP contribution in [0.15, 0.2) is 0 Å². The average Bonchev–Trinajstić information content (AvgIpc) is 0.722. The molecule has 0 atom stereocenters. The van der Waals surface area contributed by atoms with Crippen molar-refractivity contribution >= 4 is 9.05 Å². The van der Waals surface area contributed by atoms with Gasteiger partial charge >= 0.3 is 9.05 Å². The van der Waals surface area contributed by atoms with Gasteiger partial charge in [0.1, 0.15) is 0 Å². The van der Waals surface area contributed by atoms with Crippen molar-refractivity contribution in [2.45, 2.75) is 0 Å². The molecule has 0 fully saturated rings. The van der Waals surface area contributed by atoms with Gasteiger partial charge in [0.15, 0.2) is 0 Å². The molecule has 0 rings (SSSR count). The number of hydrogen-bond acceptors (Lipinski definition) is 4. The summed E-state index contributed by atoms with van der Waals surface area (Å²) in [5.41, 5.74) is 0. The molecule has 7 heteroatoms. The van der Waals surface area contributed by atoms with Gasteiger partial charge in [-0.05, 0) is 0 Å². The Morgan fingerprint density at radius 2 is 0.857 bits per heavy atom. The zero-order chi connectivity index (χ0) is 4.50. The fourth-order valence-corrected chi connectivity index (χ4v) is 0. The Morgan fingerprint density at radius 3 is 0.857 bits per heavy atom. The Labute approximate surface area is 92.9 Å².